The number of aliphatic carboxylic acids is 1. The van der Waals surface area contributed by atoms with Crippen LogP contribution in [0.3, 0.4) is 0 Å². The Kier molecular flexibility index (Phi) is 14.6. The molecule has 2 rings (SSSR count). The van der Waals surface area contributed by atoms with Crippen LogP contribution in [0, 0.1) is 5.82 Å². The third kappa shape index (κ3) is 9.87. The maximum Gasteiger partial charge on any atom is 0.347 e. The van der Waals surface area contributed by atoms with Crippen molar-refractivity contribution in [1.29, 1.82) is 0 Å². The van der Waals surface area contributed by atoms with Gasteiger partial charge in [-0.15, -0.1) is 0 Å². The van der Waals surface area contributed by atoms with E-state index in [0.29, 0.717) is 0 Å². The molecular formula is C23H34ClFO6S. The largest absolute Gasteiger partial charge is 0.478 e. The highest BCUT2D eigenvalue weighted by Crippen LogP contribution is 2.38. The van der Waals surface area contributed by atoms with Crippen molar-refractivity contribution in [2.45, 2.75) is 65.9 Å². The minimum absolute atomic E-state index is 0.00224. The number of hydrogen-bond donors (Lipinski definition) is 1. The molecule has 2 aromatic carbocycles. The molecule has 6 nitrogen and oxygen atoms in total. The smallest absolute Gasteiger partial charge is 0.347 e. The minimum atomic E-state index is -3.45. The molecule has 182 valence electrons. The van der Waals surface area contributed by atoms with Crippen molar-refractivity contribution < 1.29 is 32.2 Å². The molecule has 32 heavy (non-hydrogen) atoms. The van der Waals surface area contributed by atoms with Crippen LogP contribution in [-0.2, 0) is 14.6 Å². The molecule has 1 N–H and O–H groups in total. The van der Waals surface area contributed by atoms with Gasteiger partial charge in [0, 0.05) is 12.3 Å². The molecule has 0 aromatic heterocycles. The Morgan fingerprint density at radius 2 is 1.44 bits per heavy atom. The van der Waals surface area contributed by atoms with Crippen molar-refractivity contribution >= 4 is 27.4 Å². The Morgan fingerprint density at radius 1 is 0.938 bits per heavy atom. The van der Waals surface area contributed by atoms with Crippen LogP contribution in [0.4, 0.5) is 4.39 Å². The highest BCUT2D eigenvalue weighted by molar-refractivity contribution is 7.90. The summed E-state index contributed by atoms with van der Waals surface area (Å²) < 4.78 is 47.6. The van der Waals surface area contributed by atoms with Gasteiger partial charge in [-0.25, -0.2) is 17.6 Å². The number of ether oxygens (including phenoxy) is 2. The Morgan fingerprint density at radius 3 is 1.88 bits per heavy atom. The molecule has 0 saturated heterocycles. The maximum absolute atomic E-state index is 13.6. The lowest BCUT2D eigenvalue weighted by atomic mass is 10.1. The summed E-state index contributed by atoms with van der Waals surface area (Å²) in [6.45, 7) is 14.7. The van der Waals surface area contributed by atoms with E-state index in [4.69, 9.17) is 21.1 Å². The monoisotopic (exact) mass is 492 g/mol. The van der Waals surface area contributed by atoms with E-state index in [1.54, 1.807) is 0 Å². The molecule has 0 atom stereocenters. The quantitative estimate of drug-likeness (QED) is 0.467. The molecule has 0 saturated carbocycles. The fraction of sp³-hybridized carbons (Fsp3) is 0.435. The first-order valence-corrected chi connectivity index (χ1v) is 12.6. The Balaban J connectivity index is 0. The van der Waals surface area contributed by atoms with Crippen LogP contribution in [-0.4, -0.2) is 31.4 Å². The first-order valence-electron chi connectivity index (χ1n) is 10.3. The van der Waals surface area contributed by atoms with E-state index in [1.165, 1.54) is 38.1 Å². The average Bonchev–Trinajstić information content (AvgIpc) is 2.75. The van der Waals surface area contributed by atoms with E-state index in [0.717, 1.165) is 18.4 Å². The number of sulfone groups is 1. The highest BCUT2D eigenvalue weighted by atomic mass is 35.5. The number of rotatable bonds is 6. The zero-order valence-corrected chi connectivity index (χ0v) is 21.7. The van der Waals surface area contributed by atoms with Crippen LogP contribution in [0.5, 0.6) is 17.2 Å². The lowest BCUT2D eigenvalue weighted by molar-refractivity contribution is -0.152. The molecular weight excluding hydrogens is 459 g/mol. The van der Waals surface area contributed by atoms with Gasteiger partial charge in [-0.3, -0.25) is 0 Å². The van der Waals surface area contributed by atoms with Crippen LogP contribution < -0.4 is 9.47 Å². The van der Waals surface area contributed by atoms with Crippen LogP contribution in [0.25, 0.3) is 0 Å². The van der Waals surface area contributed by atoms with E-state index in [-0.39, 0.29) is 27.2 Å². The topological polar surface area (TPSA) is 89.9 Å². The first-order chi connectivity index (χ1) is 14.9. The van der Waals surface area contributed by atoms with Gasteiger partial charge in [0.05, 0.1) is 9.92 Å². The van der Waals surface area contributed by atoms with Gasteiger partial charge < -0.3 is 14.6 Å². The van der Waals surface area contributed by atoms with Crippen molar-refractivity contribution in [1.82, 2.24) is 0 Å². The van der Waals surface area contributed by atoms with Gasteiger partial charge in [0.25, 0.3) is 0 Å². The van der Waals surface area contributed by atoms with Gasteiger partial charge in [0.15, 0.2) is 26.9 Å². The molecule has 9 heteroatoms. The van der Waals surface area contributed by atoms with E-state index in [9.17, 15) is 22.7 Å². The summed E-state index contributed by atoms with van der Waals surface area (Å²) in [4.78, 5) is 11.2. The summed E-state index contributed by atoms with van der Waals surface area (Å²) in [5.74, 6) is -1.91. The summed E-state index contributed by atoms with van der Waals surface area (Å²) in [6.07, 6.45) is 1.03. The van der Waals surface area contributed by atoms with Crippen molar-refractivity contribution in [2.24, 2.45) is 0 Å². The molecule has 0 unspecified atom stereocenters. The van der Waals surface area contributed by atoms with Gasteiger partial charge in [0.2, 0.25) is 0 Å². The molecule has 0 aliphatic carbocycles. The lowest BCUT2D eigenvalue weighted by Crippen LogP contribution is -2.37. The second-order valence-corrected chi connectivity index (χ2v) is 8.40. The Hall–Kier alpha value is -2.32. The Bertz CT molecular complexity index is 959. The van der Waals surface area contributed by atoms with Gasteiger partial charge >= 0.3 is 5.97 Å². The number of carboxylic acid groups (broad SMARTS) is 1. The Labute approximate surface area is 196 Å². The summed E-state index contributed by atoms with van der Waals surface area (Å²) in [6, 6.07) is 7.14. The maximum atomic E-state index is 13.6. The molecule has 0 bridgehead atoms. The molecule has 0 heterocycles. The fourth-order valence-electron chi connectivity index (χ4n) is 1.88. The molecule has 0 aliphatic heterocycles. The zero-order valence-electron chi connectivity index (χ0n) is 20.1. The summed E-state index contributed by atoms with van der Waals surface area (Å²) in [5, 5.41) is 9.16. The van der Waals surface area contributed by atoms with Crippen LogP contribution in [0.2, 0.25) is 5.02 Å². The molecule has 0 radical (unpaired) electrons. The third-order valence-electron chi connectivity index (χ3n) is 3.34. The third-order valence-corrected chi connectivity index (χ3v) is 4.74. The number of halogens is 2. The van der Waals surface area contributed by atoms with Crippen molar-refractivity contribution in [3.05, 3.63) is 47.2 Å². The lowest BCUT2D eigenvalue weighted by Gasteiger charge is -2.23. The molecule has 0 spiro atoms. The SMILES string of the molecule is CC.CC.CC.CC(C)(Oc1ccc(F)cc1Oc1ccc(S(C)(=O)=O)cc1Cl)C(=O)O. The second-order valence-electron chi connectivity index (χ2n) is 5.98. The number of carboxylic acids is 1. The summed E-state index contributed by atoms with van der Waals surface area (Å²) >= 11 is 6.04. The number of carbonyl (C=O) groups is 1. The van der Waals surface area contributed by atoms with E-state index in [2.05, 4.69) is 0 Å². The minimum Gasteiger partial charge on any atom is -0.478 e. The van der Waals surface area contributed by atoms with E-state index >= 15 is 0 Å². The average molecular weight is 493 g/mol. The van der Waals surface area contributed by atoms with Crippen LogP contribution in [0.15, 0.2) is 41.3 Å². The second kappa shape index (κ2) is 14.7. The zero-order chi connectivity index (χ0) is 25.7. The number of benzene rings is 2. The highest BCUT2D eigenvalue weighted by Gasteiger charge is 2.31. The predicted molar refractivity (Wildman–Crippen MR) is 127 cm³/mol. The molecule has 0 amide bonds. The van der Waals surface area contributed by atoms with Crippen molar-refractivity contribution in [2.75, 3.05) is 6.26 Å². The van der Waals surface area contributed by atoms with Crippen LogP contribution >= 0.6 is 11.6 Å². The van der Waals surface area contributed by atoms with E-state index < -0.39 is 27.2 Å². The normalized spacial score (nSPS) is 10.2. The summed E-state index contributed by atoms with van der Waals surface area (Å²) in [7, 11) is -3.45. The van der Waals surface area contributed by atoms with E-state index in [1.807, 2.05) is 41.5 Å². The summed E-state index contributed by atoms with van der Waals surface area (Å²) in [5.41, 5.74) is -1.58. The fourth-order valence-corrected chi connectivity index (χ4v) is 2.81. The van der Waals surface area contributed by atoms with Gasteiger partial charge in [0.1, 0.15) is 11.6 Å². The van der Waals surface area contributed by atoms with Gasteiger partial charge in [-0.1, -0.05) is 53.1 Å². The van der Waals surface area contributed by atoms with Crippen LogP contribution in [0.1, 0.15) is 55.4 Å². The van der Waals surface area contributed by atoms with Crippen molar-refractivity contribution in [3.63, 3.8) is 0 Å². The van der Waals surface area contributed by atoms with Gasteiger partial charge in [-0.05, 0) is 44.2 Å². The van der Waals surface area contributed by atoms with Crippen molar-refractivity contribution in [3.8, 4) is 17.2 Å². The molecule has 0 aliphatic rings. The predicted octanol–water partition coefficient (Wildman–Crippen LogP) is 7.00. The molecule has 0 fully saturated rings. The van der Waals surface area contributed by atoms with Gasteiger partial charge in [-0.2, -0.15) is 0 Å². The standard InChI is InChI=1S/C17H16ClFO6S.3C2H6/c1-17(2,16(20)21)25-14-6-4-10(19)8-15(14)24-13-7-5-11(9-12(13)18)26(3,22)23;3*1-2/h4-9H,1-3H3,(H,20,21);3*1-2H3. The first kappa shape index (κ1) is 31.9. The molecule has 2 aromatic rings. The number of hydrogen-bond acceptors (Lipinski definition) is 5.